The van der Waals surface area contributed by atoms with Gasteiger partial charge in [0.1, 0.15) is 0 Å². The fraction of sp³-hybridized carbons (Fsp3) is 0.533. The molecule has 0 saturated heterocycles. The molecule has 1 rings (SSSR count). The van der Waals surface area contributed by atoms with Gasteiger partial charge in [-0.2, -0.15) is 13.2 Å². The van der Waals surface area contributed by atoms with Gasteiger partial charge >= 0.3 is 6.18 Å². The van der Waals surface area contributed by atoms with Crippen molar-refractivity contribution in [3.05, 3.63) is 35.4 Å². The van der Waals surface area contributed by atoms with Crippen molar-refractivity contribution >= 4 is 5.91 Å². The Morgan fingerprint density at radius 1 is 1.10 bits per heavy atom. The molecule has 0 radical (unpaired) electrons. The van der Waals surface area contributed by atoms with Crippen LogP contribution in [0.3, 0.4) is 0 Å². The Balaban J connectivity index is 2.42. The normalized spacial score (nSPS) is 13.3. The van der Waals surface area contributed by atoms with E-state index in [-0.39, 0.29) is 17.9 Å². The van der Waals surface area contributed by atoms with Gasteiger partial charge in [0, 0.05) is 25.0 Å². The number of hydrogen-bond donors (Lipinski definition) is 2. The molecule has 3 nitrogen and oxygen atoms in total. The Labute approximate surface area is 122 Å². The zero-order valence-corrected chi connectivity index (χ0v) is 12.4. The van der Waals surface area contributed by atoms with Crippen molar-refractivity contribution in [1.29, 1.82) is 0 Å². The summed E-state index contributed by atoms with van der Waals surface area (Å²) in [7, 11) is 0. The summed E-state index contributed by atoms with van der Waals surface area (Å²) in [5, 5.41) is 5.92. The number of carbonyl (C=O) groups excluding carboxylic acids is 1. The van der Waals surface area contributed by atoms with E-state index in [4.69, 9.17) is 0 Å². The quantitative estimate of drug-likeness (QED) is 0.793. The van der Waals surface area contributed by atoms with E-state index >= 15 is 0 Å². The lowest BCUT2D eigenvalue weighted by Gasteiger charge is -2.16. The lowest BCUT2D eigenvalue weighted by atomic mass is 10.1. The minimum Gasteiger partial charge on any atom is -0.355 e. The van der Waals surface area contributed by atoms with E-state index in [1.807, 2.05) is 20.8 Å². The molecule has 1 aromatic rings. The molecule has 0 aliphatic heterocycles. The van der Waals surface area contributed by atoms with Crippen LogP contribution >= 0.6 is 0 Å². The molecule has 6 heteroatoms. The summed E-state index contributed by atoms with van der Waals surface area (Å²) in [5.74, 6) is -0.0729. The highest BCUT2D eigenvalue weighted by molar-refractivity contribution is 5.77. The molecule has 118 valence electrons. The number of carbonyl (C=O) groups is 1. The largest absolute Gasteiger partial charge is 0.416 e. The summed E-state index contributed by atoms with van der Waals surface area (Å²) in [6.45, 7) is 6.54. The zero-order chi connectivity index (χ0) is 16.0. The van der Waals surface area contributed by atoms with Crippen molar-refractivity contribution in [1.82, 2.24) is 10.6 Å². The van der Waals surface area contributed by atoms with Crippen LogP contribution in [0.15, 0.2) is 24.3 Å². The van der Waals surface area contributed by atoms with E-state index in [1.54, 1.807) is 0 Å². The zero-order valence-electron chi connectivity index (χ0n) is 12.4. The van der Waals surface area contributed by atoms with Crippen LogP contribution in [0.25, 0.3) is 0 Å². The maximum Gasteiger partial charge on any atom is 0.416 e. The van der Waals surface area contributed by atoms with Gasteiger partial charge in [-0.25, -0.2) is 0 Å². The maximum absolute atomic E-state index is 12.5. The number of amides is 1. The summed E-state index contributed by atoms with van der Waals surface area (Å²) >= 11 is 0. The van der Waals surface area contributed by atoms with Gasteiger partial charge in [0.15, 0.2) is 0 Å². The SMILES string of the molecule is CC(C)C(=O)NCCNC(C)c1ccc(C(F)(F)F)cc1. The van der Waals surface area contributed by atoms with Gasteiger partial charge < -0.3 is 10.6 Å². The number of nitrogens with one attached hydrogen (secondary N) is 2. The molecule has 1 unspecified atom stereocenters. The monoisotopic (exact) mass is 302 g/mol. The second kappa shape index (κ2) is 7.45. The lowest BCUT2D eigenvalue weighted by molar-refractivity contribution is -0.137. The Morgan fingerprint density at radius 3 is 2.14 bits per heavy atom. The predicted molar refractivity (Wildman–Crippen MR) is 75.7 cm³/mol. The molecule has 1 aromatic carbocycles. The molecule has 1 amide bonds. The van der Waals surface area contributed by atoms with Crippen molar-refractivity contribution in [3.8, 4) is 0 Å². The van der Waals surface area contributed by atoms with Gasteiger partial charge in [-0.05, 0) is 24.6 Å². The van der Waals surface area contributed by atoms with Crippen LogP contribution in [0.1, 0.15) is 37.9 Å². The fourth-order valence-corrected chi connectivity index (χ4v) is 1.76. The second-order valence-corrected chi connectivity index (χ2v) is 5.24. The summed E-state index contributed by atoms with van der Waals surface area (Å²) < 4.78 is 37.4. The first-order valence-electron chi connectivity index (χ1n) is 6.90. The van der Waals surface area contributed by atoms with Crippen LogP contribution in [-0.2, 0) is 11.0 Å². The average molecular weight is 302 g/mol. The molecule has 0 aromatic heterocycles. The molecule has 0 bridgehead atoms. The van der Waals surface area contributed by atoms with Gasteiger partial charge in [-0.3, -0.25) is 4.79 Å². The van der Waals surface area contributed by atoms with Crippen LogP contribution < -0.4 is 10.6 Å². The van der Waals surface area contributed by atoms with E-state index in [0.29, 0.717) is 13.1 Å². The molecule has 0 saturated carbocycles. The highest BCUT2D eigenvalue weighted by atomic mass is 19.4. The molecule has 0 heterocycles. The maximum atomic E-state index is 12.5. The van der Waals surface area contributed by atoms with Crippen LogP contribution in [0, 0.1) is 5.92 Å². The Hall–Kier alpha value is -1.56. The highest BCUT2D eigenvalue weighted by Crippen LogP contribution is 2.29. The minimum atomic E-state index is -4.31. The molecule has 0 aliphatic carbocycles. The van der Waals surface area contributed by atoms with Crippen molar-refractivity contribution in [2.24, 2.45) is 5.92 Å². The highest BCUT2D eigenvalue weighted by Gasteiger charge is 2.30. The van der Waals surface area contributed by atoms with Gasteiger partial charge in [0.05, 0.1) is 5.56 Å². The van der Waals surface area contributed by atoms with E-state index in [9.17, 15) is 18.0 Å². The Morgan fingerprint density at radius 2 is 1.67 bits per heavy atom. The molecule has 0 spiro atoms. The lowest BCUT2D eigenvalue weighted by Crippen LogP contribution is -2.35. The summed E-state index contributed by atoms with van der Waals surface area (Å²) in [4.78, 5) is 11.3. The van der Waals surface area contributed by atoms with Crippen LogP contribution in [0.4, 0.5) is 13.2 Å². The first-order chi connectivity index (χ1) is 9.71. The van der Waals surface area contributed by atoms with Crippen LogP contribution in [0.5, 0.6) is 0 Å². The smallest absolute Gasteiger partial charge is 0.355 e. The number of benzene rings is 1. The molecular formula is C15H21F3N2O. The first-order valence-corrected chi connectivity index (χ1v) is 6.90. The first kappa shape index (κ1) is 17.5. The molecule has 1 atom stereocenters. The van der Waals surface area contributed by atoms with Gasteiger partial charge in [-0.15, -0.1) is 0 Å². The third-order valence-corrected chi connectivity index (χ3v) is 3.14. The third-order valence-electron chi connectivity index (χ3n) is 3.14. The van der Waals surface area contributed by atoms with E-state index in [1.165, 1.54) is 12.1 Å². The molecule has 0 aliphatic rings. The second-order valence-electron chi connectivity index (χ2n) is 5.24. The predicted octanol–water partition coefficient (Wildman–Crippen LogP) is 3.13. The summed E-state index contributed by atoms with van der Waals surface area (Å²) in [5.41, 5.74) is 0.126. The van der Waals surface area contributed by atoms with Gasteiger partial charge in [-0.1, -0.05) is 26.0 Å². The van der Waals surface area contributed by atoms with Crippen molar-refractivity contribution in [2.45, 2.75) is 33.0 Å². The van der Waals surface area contributed by atoms with E-state index < -0.39 is 11.7 Å². The average Bonchev–Trinajstić information content (AvgIpc) is 2.42. The number of halogens is 3. The Kier molecular flexibility index (Phi) is 6.20. The number of hydrogen-bond acceptors (Lipinski definition) is 2. The van der Waals surface area contributed by atoms with Crippen LogP contribution in [-0.4, -0.2) is 19.0 Å². The molecular weight excluding hydrogens is 281 g/mol. The van der Waals surface area contributed by atoms with E-state index in [2.05, 4.69) is 10.6 Å². The van der Waals surface area contributed by atoms with Crippen LogP contribution in [0.2, 0.25) is 0 Å². The molecule has 2 N–H and O–H groups in total. The Bertz CT molecular complexity index is 455. The van der Waals surface area contributed by atoms with Crippen molar-refractivity contribution in [3.63, 3.8) is 0 Å². The fourth-order valence-electron chi connectivity index (χ4n) is 1.76. The molecule has 0 fully saturated rings. The third kappa shape index (κ3) is 5.75. The number of alkyl halides is 3. The van der Waals surface area contributed by atoms with Gasteiger partial charge in [0.25, 0.3) is 0 Å². The summed E-state index contributed by atoms with van der Waals surface area (Å²) in [6, 6.07) is 5.01. The minimum absolute atomic E-state index is 0.0148. The van der Waals surface area contributed by atoms with Crippen molar-refractivity contribution < 1.29 is 18.0 Å². The summed E-state index contributed by atoms with van der Waals surface area (Å²) in [6.07, 6.45) is -4.31. The number of rotatable bonds is 6. The topological polar surface area (TPSA) is 41.1 Å². The van der Waals surface area contributed by atoms with Crippen molar-refractivity contribution in [2.75, 3.05) is 13.1 Å². The van der Waals surface area contributed by atoms with Gasteiger partial charge in [0.2, 0.25) is 5.91 Å². The molecule has 21 heavy (non-hydrogen) atoms. The standard InChI is InChI=1S/C15H21F3N2O/c1-10(2)14(21)20-9-8-19-11(3)12-4-6-13(7-5-12)15(16,17)18/h4-7,10-11,19H,8-9H2,1-3H3,(H,20,21). The van der Waals surface area contributed by atoms with E-state index in [0.717, 1.165) is 17.7 Å².